The number of amides is 2. The molecule has 194 valence electrons. The Morgan fingerprint density at radius 2 is 1.84 bits per heavy atom. The lowest BCUT2D eigenvalue weighted by Crippen LogP contribution is -2.35. The Kier molecular flexibility index (Phi) is 7.03. The summed E-state index contributed by atoms with van der Waals surface area (Å²) in [7, 11) is 0. The minimum atomic E-state index is -0.993. The molecule has 1 aliphatic heterocycles. The van der Waals surface area contributed by atoms with Gasteiger partial charge in [-0.3, -0.25) is 9.59 Å². The quantitative estimate of drug-likeness (QED) is 0.338. The molecule has 1 atom stereocenters. The van der Waals surface area contributed by atoms with E-state index in [1.807, 2.05) is 6.07 Å². The molecular formula is C26H21ClF2N6O3. The van der Waals surface area contributed by atoms with E-state index in [1.54, 1.807) is 24.3 Å². The molecule has 0 saturated carbocycles. The van der Waals surface area contributed by atoms with Crippen LogP contribution in [0.1, 0.15) is 27.3 Å². The highest BCUT2D eigenvalue weighted by Gasteiger charge is 2.23. The van der Waals surface area contributed by atoms with Gasteiger partial charge in [0, 0.05) is 24.3 Å². The van der Waals surface area contributed by atoms with Crippen LogP contribution in [-0.4, -0.2) is 45.8 Å². The van der Waals surface area contributed by atoms with E-state index in [9.17, 15) is 18.4 Å². The first-order valence-corrected chi connectivity index (χ1v) is 11.9. The lowest BCUT2D eigenvalue weighted by atomic mass is 10.1. The number of rotatable bonds is 6. The molecule has 3 heterocycles. The minimum absolute atomic E-state index is 0.0109. The predicted octanol–water partition coefficient (Wildman–Crippen LogP) is 4.22. The molecule has 4 aromatic rings. The van der Waals surface area contributed by atoms with Gasteiger partial charge < -0.3 is 21.1 Å². The molecule has 2 aromatic heterocycles. The Bertz CT molecular complexity index is 1520. The van der Waals surface area contributed by atoms with Gasteiger partial charge in [0.1, 0.15) is 11.5 Å². The van der Waals surface area contributed by atoms with Crippen LogP contribution in [0.2, 0.25) is 5.02 Å². The van der Waals surface area contributed by atoms with Crippen molar-refractivity contribution in [3.05, 3.63) is 88.6 Å². The molecule has 1 saturated heterocycles. The van der Waals surface area contributed by atoms with Crippen molar-refractivity contribution in [1.29, 1.82) is 0 Å². The number of carbonyl (C=O) groups is 2. The van der Waals surface area contributed by atoms with Crippen LogP contribution in [0.3, 0.4) is 0 Å². The molecule has 0 aliphatic carbocycles. The van der Waals surface area contributed by atoms with Crippen molar-refractivity contribution in [1.82, 2.24) is 20.1 Å². The molecular weight excluding hydrogens is 518 g/mol. The molecule has 5 rings (SSSR count). The average molecular weight is 539 g/mol. The zero-order chi connectivity index (χ0) is 26.8. The first-order chi connectivity index (χ1) is 18.3. The van der Waals surface area contributed by atoms with E-state index >= 15 is 0 Å². The summed E-state index contributed by atoms with van der Waals surface area (Å²) < 4.78 is 34.7. The summed E-state index contributed by atoms with van der Waals surface area (Å²) in [6, 6.07) is 15.0. The highest BCUT2D eigenvalue weighted by atomic mass is 35.5. The fourth-order valence-corrected chi connectivity index (χ4v) is 4.17. The molecule has 0 spiro atoms. The third-order valence-corrected chi connectivity index (χ3v) is 6.22. The maximum absolute atomic E-state index is 14.4. The number of hydrogen-bond donors (Lipinski definition) is 3. The lowest BCUT2D eigenvalue weighted by molar-refractivity contribution is 0.0923. The van der Waals surface area contributed by atoms with Crippen molar-refractivity contribution >= 4 is 35.1 Å². The van der Waals surface area contributed by atoms with Crippen molar-refractivity contribution in [2.45, 2.75) is 12.5 Å². The van der Waals surface area contributed by atoms with Crippen molar-refractivity contribution in [3.63, 3.8) is 0 Å². The second-order valence-electron chi connectivity index (χ2n) is 8.53. The van der Waals surface area contributed by atoms with Gasteiger partial charge in [-0.05, 0) is 30.7 Å². The number of benzene rings is 2. The van der Waals surface area contributed by atoms with Gasteiger partial charge in [-0.2, -0.15) is 5.10 Å². The normalized spacial score (nSPS) is 14.9. The number of halogens is 3. The smallest absolute Gasteiger partial charge is 0.272 e. The number of hydrogen-bond acceptors (Lipinski definition) is 6. The van der Waals surface area contributed by atoms with Gasteiger partial charge in [-0.15, -0.1) is 0 Å². The summed E-state index contributed by atoms with van der Waals surface area (Å²) in [5, 5.41) is 10.1. The van der Waals surface area contributed by atoms with E-state index in [-0.39, 0.29) is 39.4 Å². The Hall–Kier alpha value is -4.35. The van der Waals surface area contributed by atoms with E-state index in [0.29, 0.717) is 31.4 Å². The second kappa shape index (κ2) is 10.6. The van der Waals surface area contributed by atoms with E-state index in [4.69, 9.17) is 22.1 Å². The Morgan fingerprint density at radius 1 is 1.05 bits per heavy atom. The molecule has 12 heteroatoms. The Morgan fingerprint density at radius 3 is 2.58 bits per heavy atom. The van der Waals surface area contributed by atoms with Crippen LogP contribution < -0.4 is 16.4 Å². The SMILES string of the molecule is Nc1nc(-c2ccc(Cl)c(C(=O)Nc3cc(C(=O)N[C@H]4CCOC4)nn3-c3ccccc3)c2)c(F)cc1F. The summed E-state index contributed by atoms with van der Waals surface area (Å²) in [6.07, 6.45) is 0.693. The first-order valence-electron chi connectivity index (χ1n) is 11.6. The van der Waals surface area contributed by atoms with Crippen LogP contribution in [0, 0.1) is 11.6 Å². The topological polar surface area (TPSA) is 124 Å². The molecule has 0 bridgehead atoms. The van der Waals surface area contributed by atoms with Crippen molar-refractivity contribution in [2.75, 3.05) is 24.3 Å². The zero-order valence-electron chi connectivity index (χ0n) is 19.7. The Balaban J connectivity index is 1.47. The maximum atomic E-state index is 14.4. The Labute approximate surface area is 220 Å². The fraction of sp³-hybridized carbons (Fsp3) is 0.154. The summed E-state index contributed by atoms with van der Waals surface area (Å²) in [4.78, 5) is 29.9. The summed E-state index contributed by atoms with van der Waals surface area (Å²) in [6.45, 7) is 0.979. The number of nitrogens with two attached hydrogens (primary N) is 1. The number of pyridine rings is 1. The molecule has 2 aromatic carbocycles. The summed E-state index contributed by atoms with van der Waals surface area (Å²) in [5.41, 5.74) is 6.10. The number of para-hydroxylation sites is 1. The number of anilines is 2. The molecule has 1 aliphatic rings. The molecule has 9 nitrogen and oxygen atoms in total. The number of nitrogens with zero attached hydrogens (tertiary/aromatic N) is 3. The average Bonchev–Trinajstić information content (AvgIpc) is 3.57. The van der Waals surface area contributed by atoms with Gasteiger partial charge in [0.2, 0.25) is 0 Å². The summed E-state index contributed by atoms with van der Waals surface area (Å²) >= 11 is 6.29. The number of aromatic nitrogens is 3. The van der Waals surface area contributed by atoms with Gasteiger partial charge in [0.25, 0.3) is 11.8 Å². The monoisotopic (exact) mass is 538 g/mol. The molecule has 38 heavy (non-hydrogen) atoms. The number of ether oxygens (including phenoxy) is 1. The number of nitrogens with one attached hydrogen (secondary N) is 2. The fourth-order valence-electron chi connectivity index (χ4n) is 3.97. The molecule has 1 fully saturated rings. The predicted molar refractivity (Wildman–Crippen MR) is 137 cm³/mol. The minimum Gasteiger partial charge on any atom is -0.381 e. The zero-order valence-corrected chi connectivity index (χ0v) is 20.5. The molecule has 0 unspecified atom stereocenters. The first kappa shape index (κ1) is 25.3. The summed E-state index contributed by atoms with van der Waals surface area (Å²) in [5.74, 6) is -3.29. The van der Waals surface area contributed by atoms with Crippen LogP contribution in [0.25, 0.3) is 16.9 Å². The van der Waals surface area contributed by atoms with Gasteiger partial charge in [0.05, 0.1) is 28.9 Å². The van der Waals surface area contributed by atoms with Gasteiger partial charge in [-0.25, -0.2) is 18.4 Å². The van der Waals surface area contributed by atoms with Crippen LogP contribution in [-0.2, 0) is 4.74 Å². The van der Waals surface area contributed by atoms with E-state index < -0.39 is 29.3 Å². The van der Waals surface area contributed by atoms with E-state index in [0.717, 1.165) is 0 Å². The standard InChI is InChI=1S/C26H21ClF2N6O3/c27-18-7-6-14(23-19(28)11-20(29)24(30)33-23)10-17(18)25(36)32-22-12-21(26(37)31-15-8-9-38-13-15)34-35(22)16-4-2-1-3-5-16/h1-7,10-12,15H,8-9,13H2,(H2,30,33)(H,31,37)(H,32,36)/t15-/m0/s1. The largest absolute Gasteiger partial charge is 0.381 e. The van der Waals surface area contributed by atoms with Gasteiger partial charge >= 0.3 is 0 Å². The van der Waals surface area contributed by atoms with Crippen LogP contribution in [0.15, 0.2) is 60.7 Å². The van der Waals surface area contributed by atoms with Crippen molar-refractivity contribution in [3.8, 4) is 16.9 Å². The molecule has 4 N–H and O–H groups in total. The van der Waals surface area contributed by atoms with Crippen LogP contribution in [0.4, 0.5) is 20.4 Å². The van der Waals surface area contributed by atoms with Crippen molar-refractivity contribution in [2.24, 2.45) is 0 Å². The number of carbonyl (C=O) groups excluding carboxylic acids is 2. The van der Waals surface area contributed by atoms with E-state index in [2.05, 4.69) is 20.7 Å². The van der Waals surface area contributed by atoms with Crippen LogP contribution in [0.5, 0.6) is 0 Å². The van der Waals surface area contributed by atoms with Gasteiger partial charge in [0.15, 0.2) is 23.1 Å². The third kappa shape index (κ3) is 5.20. The maximum Gasteiger partial charge on any atom is 0.272 e. The molecule has 2 amide bonds. The second-order valence-corrected chi connectivity index (χ2v) is 8.94. The van der Waals surface area contributed by atoms with Crippen LogP contribution >= 0.6 is 11.6 Å². The van der Waals surface area contributed by atoms with Gasteiger partial charge in [-0.1, -0.05) is 35.9 Å². The number of nitrogen functional groups attached to an aromatic ring is 1. The van der Waals surface area contributed by atoms with Crippen molar-refractivity contribution < 1.29 is 23.1 Å². The molecule has 0 radical (unpaired) electrons. The third-order valence-electron chi connectivity index (χ3n) is 5.89. The van der Waals surface area contributed by atoms with E-state index in [1.165, 1.54) is 28.9 Å². The highest BCUT2D eigenvalue weighted by Crippen LogP contribution is 2.28. The highest BCUT2D eigenvalue weighted by molar-refractivity contribution is 6.34. The lowest BCUT2D eigenvalue weighted by Gasteiger charge is -2.11.